The largest absolute Gasteiger partial charge is 0.495 e. The van der Waals surface area contributed by atoms with E-state index in [1.54, 1.807) is 12.4 Å². The number of ether oxygens (including phenoxy) is 1. The smallest absolute Gasteiger partial charge is 0.137 e. The fourth-order valence-corrected chi connectivity index (χ4v) is 2.45. The molecule has 0 N–H and O–H groups in total. The van der Waals surface area contributed by atoms with Crippen LogP contribution in [0.25, 0.3) is 0 Å². The highest BCUT2D eigenvalue weighted by atomic mass is 35.5. The SMILES string of the molecule is COc1ccc(F)c(CN(C)C(C)c2ccncc2)c1Cl. The molecule has 5 heteroatoms. The average molecular weight is 309 g/mol. The summed E-state index contributed by atoms with van der Waals surface area (Å²) in [5, 5.41) is 0.325. The standard InChI is InChI=1S/C16H18ClFN2O/c1-11(12-6-8-19-9-7-12)20(2)10-13-14(18)4-5-15(21-3)16(13)17/h4-9,11H,10H2,1-3H3. The summed E-state index contributed by atoms with van der Waals surface area (Å²) in [6.45, 7) is 2.45. The van der Waals surface area contributed by atoms with E-state index in [4.69, 9.17) is 16.3 Å². The summed E-state index contributed by atoms with van der Waals surface area (Å²) in [5.41, 5.74) is 1.56. The maximum atomic E-state index is 14.0. The minimum absolute atomic E-state index is 0.120. The van der Waals surface area contributed by atoms with Gasteiger partial charge in [0.25, 0.3) is 0 Å². The maximum absolute atomic E-state index is 14.0. The third-order valence-corrected chi connectivity index (χ3v) is 4.04. The zero-order valence-electron chi connectivity index (χ0n) is 12.3. The van der Waals surface area contributed by atoms with Gasteiger partial charge in [0.2, 0.25) is 0 Å². The summed E-state index contributed by atoms with van der Waals surface area (Å²) in [5.74, 6) is 0.160. The van der Waals surface area contributed by atoms with Gasteiger partial charge >= 0.3 is 0 Å². The molecule has 1 aromatic carbocycles. The second-order valence-corrected chi connectivity index (χ2v) is 5.29. The lowest BCUT2D eigenvalue weighted by Gasteiger charge is -2.26. The number of pyridine rings is 1. The Morgan fingerprint density at radius 2 is 1.95 bits per heavy atom. The van der Waals surface area contributed by atoms with E-state index in [9.17, 15) is 4.39 Å². The molecule has 0 saturated heterocycles. The number of halogens is 2. The van der Waals surface area contributed by atoms with E-state index in [1.807, 2.05) is 24.1 Å². The minimum Gasteiger partial charge on any atom is -0.495 e. The first-order chi connectivity index (χ1) is 10.0. The Kier molecular flexibility index (Phi) is 5.15. The van der Waals surface area contributed by atoms with Gasteiger partial charge in [0, 0.05) is 30.5 Å². The highest BCUT2D eigenvalue weighted by Gasteiger charge is 2.18. The average Bonchev–Trinajstić information content (AvgIpc) is 2.51. The van der Waals surface area contributed by atoms with Gasteiger partial charge < -0.3 is 4.74 Å². The Balaban J connectivity index is 2.22. The Hall–Kier alpha value is -1.65. The van der Waals surface area contributed by atoms with Crippen LogP contribution in [-0.2, 0) is 6.54 Å². The van der Waals surface area contributed by atoms with Gasteiger partial charge in [-0.1, -0.05) is 11.6 Å². The first kappa shape index (κ1) is 15.7. The number of methoxy groups -OCH3 is 1. The van der Waals surface area contributed by atoms with Crippen LogP contribution in [0.3, 0.4) is 0 Å². The lowest BCUT2D eigenvalue weighted by molar-refractivity contribution is 0.249. The lowest BCUT2D eigenvalue weighted by atomic mass is 10.1. The van der Waals surface area contributed by atoms with Gasteiger partial charge in [-0.3, -0.25) is 9.88 Å². The molecule has 0 amide bonds. The van der Waals surface area contributed by atoms with E-state index >= 15 is 0 Å². The van der Waals surface area contributed by atoms with Gasteiger partial charge in [0.05, 0.1) is 12.1 Å². The molecule has 0 spiro atoms. The molecular formula is C16H18ClFN2O. The van der Waals surface area contributed by atoms with Crippen molar-refractivity contribution < 1.29 is 9.13 Å². The monoisotopic (exact) mass is 308 g/mol. The summed E-state index contributed by atoms with van der Waals surface area (Å²) >= 11 is 6.21. The highest BCUT2D eigenvalue weighted by molar-refractivity contribution is 6.32. The molecule has 112 valence electrons. The number of rotatable bonds is 5. The van der Waals surface area contributed by atoms with Crippen LogP contribution >= 0.6 is 11.6 Å². The van der Waals surface area contributed by atoms with Crippen LogP contribution in [0.4, 0.5) is 4.39 Å². The summed E-state index contributed by atoms with van der Waals surface area (Å²) in [6, 6.07) is 6.93. The van der Waals surface area contributed by atoms with Crippen LogP contribution in [-0.4, -0.2) is 24.0 Å². The first-order valence-electron chi connectivity index (χ1n) is 6.65. The molecule has 0 aliphatic carbocycles. The molecular weight excluding hydrogens is 291 g/mol. The molecule has 3 nitrogen and oxygen atoms in total. The summed E-state index contributed by atoms with van der Waals surface area (Å²) < 4.78 is 19.2. The van der Waals surface area contributed by atoms with Crippen molar-refractivity contribution in [2.24, 2.45) is 0 Å². The second-order valence-electron chi connectivity index (χ2n) is 4.91. The van der Waals surface area contributed by atoms with E-state index in [2.05, 4.69) is 11.9 Å². The molecule has 0 aliphatic rings. The van der Waals surface area contributed by atoms with Crippen LogP contribution in [0.15, 0.2) is 36.7 Å². The van der Waals surface area contributed by atoms with Crippen LogP contribution in [0, 0.1) is 5.82 Å². The number of aromatic nitrogens is 1. The molecule has 0 fully saturated rings. The fourth-order valence-electron chi connectivity index (χ4n) is 2.16. The minimum atomic E-state index is -0.324. The topological polar surface area (TPSA) is 25.4 Å². The molecule has 1 heterocycles. The lowest BCUT2D eigenvalue weighted by Crippen LogP contribution is -2.22. The van der Waals surface area contributed by atoms with Gasteiger partial charge in [0.1, 0.15) is 11.6 Å². The van der Waals surface area contributed by atoms with Crippen molar-refractivity contribution in [1.29, 1.82) is 0 Å². The maximum Gasteiger partial charge on any atom is 0.137 e. The zero-order valence-corrected chi connectivity index (χ0v) is 13.1. The normalized spacial score (nSPS) is 12.5. The van der Waals surface area contributed by atoms with Crippen molar-refractivity contribution in [1.82, 2.24) is 9.88 Å². The van der Waals surface area contributed by atoms with Gasteiger partial charge in [-0.2, -0.15) is 0 Å². The zero-order chi connectivity index (χ0) is 15.4. The van der Waals surface area contributed by atoms with E-state index in [1.165, 1.54) is 19.2 Å². The highest BCUT2D eigenvalue weighted by Crippen LogP contribution is 2.32. The van der Waals surface area contributed by atoms with Crippen molar-refractivity contribution >= 4 is 11.6 Å². The molecule has 0 saturated carbocycles. The molecule has 1 unspecified atom stereocenters. The molecule has 1 aromatic heterocycles. The molecule has 2 aromatic rings. The summed E-state index contributed by atoms with van der Waals surface area (Å²) in [4.78, 5) is 6.03. The quantitative estimate of drug-likeness (QED) is 0.832. The van der Waals surface area contributed by atoms with Crippen molar-refractivity contribution in [3.05, 3.63) is 58.6 Å². The fraction of sp³-hybridized carbons (Fsp3) is 0.312. The molecule has 0 aliphatic heterocycles. The first-order valence-corrected chi connectivity index (χ1v) is 7.03. The molecule has 0 bridgehead atoms. The van der Waals surface area contributed by atoms with Gasteiger partial charge in [-0.25, -0.2) is 4.39 Å². The van der Waals surface area contributed by atoms with E-state index in [0.717, 1.165) is 5.56 Å². The Labute approximate surface area is 129 Å². The van der Waals surface area contributed by atoms with Gasteiger partial charge in [-0.15, -0.1) is 0 Å². The van der Waals surface area contributed by atoms with E-state index < -0.39 is 0 Å². The van der Waals surface area contributed by atoms with Gasteiger partial charge in [-0.05, 0) is 43.8 Å². The Bertz CT molecular complexity index is 607. The van der Waals surface area contributed by atoms with Crippen molar-refractivity contribution in [2.75, 3.05) is 14.2 Å². The Morgan fingerprint density at radius 1 is 1.29 bits per heavy atom. The van der Waals surface area contributed by atoms with Crippen LogP contribution < -0.4 is 4.74 Å². The number of hydrogen-bond acceptors (Lipinski definition) is 3. The predicted octanol–water partition coefficient (Wildman–Crippen LogP) is 4.08. The number of benzene rings is 1. The van der Waals surface area contributed by atoms with E-state index in [0.29, 0.717) is 22.9 Å². The molecule has 1 atom stereocenters. The molecule has 21 heavy (non-hydrogen) atoms. The Morgan fingerprint density at radius 3 is 2.57 bits per heavy atom. The number of hydrogen-bond donors (Lipinski definition) is 0. The predicted molar refractivity (Wildman–Crippen MR) is 82.1 cm³/mol. The van der Waals surface area contributed by atoms with Gasteiger partial charge in [0.15, 0.2) is 0 Å². The van der Waals surface area contributed by atoms with Crippen LogP contribution in [0.1, 0.15) is 24.1 Å². The second kappa shape index (κ2) is 6.87. The van der Waals surface area contributed by atoms with Crippen LogP contribution in [0.5, 0.6) is 5.75 Å². The third kappa shape index (κ3) is 3.52. The summed E-state index contributed by atoms with van der Waals surface area (Å²) in [6.07, 6.45) is 3.50. The van der Waals surface area contributed by atoms with Crippen molar-refractivity contribution in [3.8, 4) is 5.75 Å². The van der Waals surface area contributed by atoms with Crippen molar-refractivity contribution in [2.45, 2.75) is 19.5 Å². The molecule has 2 rings (SSSR count). The molecule has 0 radical (unpaired) electrons. The van der Waals surface area contributed by atoms with Crippen LogP contribution in [0.2, 0.25) is 5.02 Å². The van der Waals surface area contributed by atoms with Crippen molar-refractivity contribution in [3.63, 3.8) is 0 Å². The third-order valence-electron chi connectivity index (χ3n) is 3.63. The number of nitrogens with zero attached hydrogens (tertiary/aromatic N) is 2. The summed E-state index contributed by atoms with van der Waals surface area (Å²) in [7, 11) is 3.45. The van der Waals surface area contributed by atoms with E-state index in [-0.39, 0.29) is 11.9 Å².